The first-order chi connectivity index (χ1) is 13.0. The van der Waals surface area contributed by atoms with Crippen LogP contribution in [0.25, 0.3) is 11.7 Å². The molecule has 9 heteroatoms. The maximum Gasteiger partial charge on any atom is 0.267 e. The summed E-state index contributed by atoms with van der Waals surface area (Å²) < 4.78 is 7.26. The molecule has 0 spiro atoms. The van der Waals surface area contributed by atoms with Crippen LogP contribution in [-0.2, 0) is 9.53 Å². The highest BCUT2D eigenvalue weighted by molar-refractivity contribution is 8.26. The largest absolute Gasteiger partial charge is 0.382 e. The number of pyridine rings is 1. The summed E-state index contributed by atoms with van der Waals surface area (Å²) in [6.45, 7) is 3.84. The Morgan fingerprint density at radius 2 is 2.19 bits per heavy atom. The second-order valence-electron chi connectivity index (χ2n) is 5.83. The van der Waals surface area contributed by atoms with Crippen LogP contribution >= 0.6 is 24.0 Å². The van der Waals surface area contributed by atoms with E-state index in [-0.39, 0.29) is 11.5 Å². The SMILES string of the molecule is CCOCCCNc1nc2ccccn2c(=O)c1/C=C1/SC(=S)N(C)C1=O. The Morgan fingerprint density at radius 1 is 1.37 bits per heavy atom. The number of hydrogen-bond acceptors (Lipinski definition) is 7. The number of fused-ring (bicyclic) bond motifs is 1. The van der Waals surface area contributed by atoms with E-state index in [0.29, 0.717) is 46.0 Å². The third kappa shape index (κ3) is 4.20. The van der Waals surface area contributed by atoms with Gasteiger partial charge in [-0.2, -0.15) is 0 Å². The predicted octanol–water partition coefficient (Wildman–Crippen LogP) is 2.36. The second kappa shape index (κ2) is 8.64. The van der Waals surface area contributed by atoms with E-state index < -0.39 is 0 Å². The summed E-state index contributed by atoms with van der Waals surface area (Å²) in [5.74, 6) is 0.230. The van der Waals surface area contributed by atoms with Gasteiger partial charge in [-0.05, 0) is 31.6 Å². The van der Waals surface area contributed by atoms with E-state index in [1.165, 1.54) is 21.1 Å². The van der Waals surface area contributed by atoms with Crippen molar-refractivity contribution >= 4 is 51.7 Å². The van der Waals surface area contributed by atoms with Gasteiger partial charge in [0, 0.05) is 33.0 Å². The molecule has 1 aliphatic heterocycles. The van der Waals surface area contributed by atoms with Crippen LogP contribution in [-0.4, -0.2) is 51.3 Å². The Labute approximate surface area is 166 Å². The van der Waals surface area contributed by atoms with Crippen molar-refractivity contribution in [3.05, 3.63) is 45.2 Å². The Morgan fingerprint density at radius 3 is 2.89 bits per heavy atom. The quantitative estimate of drug-likeness (QED) is 0.431. The third-order valence-electron chi connectivity index (χ3n) is 3.99. The first-order valence-corrected chi connectivity index (χ1v) is 9.80. The number of anilines is 1. The Hall–Kier alpha value is -2.23. The van der Waals surface area contributed by atoms with Gasteiger partial charge in [0.1, 0.15) is 15.8 Å². The Balaban J connectivity index is 1.99. The van der Waals surface area contributed by atoms with Crippen molar-refractivity contribution in [3.8, 4) is 0 Å². The van der Waals surface area contributed by atoms with Gasteiger partial charge in [-0.1, -0.05) is 30.0 Å². The van der Waals surface area contributed by atoms with E-state index in [1.54, 1.807) is 31.5 Å². The van der Waals surface area contributed by atoms with Crippen LogP contribution in [0.3, 0.4) is 0 Å². The van der Waals surface area contributed by atoms with Gasteiger partial charge in [0.05, 0.1) is 10.5 Å². The molecule has 1 amide bonds. The summed E-state index contributed by atoms with van der Waals surface area (Å²) in [6.07, 6.45) is 4.01. The molecule has 0 bridgehead atoms. The van der Waals surface area contributed by atoms with E-state index in [0.717, 1.165) is 6.42 Å². The predicted molar refractivity (Wildman–Crippen MR) is 112 cm³/mol. The van der Waals surface area contributed by atoms with Crippen LogP contribution in [0, 0.1) is 0 Å². The fourth-order valence-electron chi connectivity index (χ4n) is 2.57. The van der Waals surface area contributed by atoms with Crippen molar-refractivity contribution < 1.29 is 9.53 Å². The smallest absolute Gasteiger partial charge is 0.267 e. The fourth-order valence-corrected chi connectivity index (χ4v) is 3.73. The first kappa shape index (κ1) is 19.5. The molecule has 0 saturated carbocycles. The molecular weight excluding hydrogens is 384 g/mol. The van der Waals surface area contributed by atoms with Crippen molar-refractivity contribution in [2.45, 2.75) is 13.3 Å². The second-order valence-corrected chi connectivity index (χ2v) is 7.50. The highest BCUT2D eigenvalue weighted by atomic mass is 32.2. The number of rotatable bonds is 7. The van der Waals surface area contributed by atoms with Gasteiger partial charge in [0.15, 0.2) is 0 Å². The first-order valence-electron chi connectivity index (χ1n) is 8.57. The van der Waals surface area contributed by atoms with E-state index >= 15 is 0 Å². The molecule has 2 aromatic rings. The maximum atomic E-state index is 13.0. The molecule has 7 nitrogen and oxygen atoms in total. The Kier molecular flexibility index (Phi) is 6.25. The minimum Gasteiger partial charge on any atom is -0.382 e. The lowest BCUT2D eigenvalue weighted by atomic mass is 10.2. The zero-order valence-corrected chi connectivity index (χ0v) is 16.7. The molecule has 1 fully saturated rings. The zero-order chi connectivity index (χ0) is 19.4. The molecule has 0 unspecified atom stereocenters. The highest BCUT2D eigenvalue weighted by Gasteiger charge is 2.29. The van der Waals surface area contributed by atoms with Gasteiger partial charge >= 0.3 is 0 Å². The monoisotopic (exact) mass is 404 g/mol. The van der Waals surface area contributed by atoms with Gasteiger partial charge in [-0.15, -0.1) is 0 Å². The molecule has 2 aromatic heterocycles. The van der Waals surface area contributed by atoms with Gasteiger partial charge in [0.25, 0.3) is 11.5 Å². The van der Waals surface area contributed by atoms with Crippen molar-refractivity contribution in [2.24, 2.45) is 0 Å². The topological polar surface area (TPSA) is 75.9 Å². The summed E-state index contributed by atoms with van der Waals surface area (Å²) >= 11 is 6.34. The summed E-state index contributed by atoms with van der Waals surface area (Å²) in [5, 5.41) is 3.20. The number of nitrogens with zero attached hydrogens (tertiary/aromatic N) is 3. The average Bonchev–Trinajstić information content (AvgIpc) is 2.91. The number of thioether (sulfide) groups is 1. The fraction of sp³-hybridized carbons (Fsp3) is 0.333. The number of nitrogens with one attached hydrogen (secondary N) is 1. The molecule has 3 rings (SSSR count). The van der Waals surface area contributed by atoms with Crippen molar-refractivity contribution in [3.63, 3.8) is 0 Å². The molecule has 0 aliphatic carbocycles. The average molecular weight is 405 g/mol. The lowest BCUT2D eigenvalue weighted by molar-refractivity contribution is -0.121. The number of carbonyl (C=O) groups excluding carboxylic acids is 1. The summed E-state index contributed by atoms with van der Waals surface area (Å²) in [4.78, 5) is 31.7. The molecule has 1 aliphatic rings. The third-order valence-corrected chi connectivity index (χ3v) is 5.48. The lowest BCUT2D eigenvalue weighted by Crippen LogP contribution is -2.23. The molecule has 0 aromatic carbocycles. The van der Waals surface area contributed by atoms with Crippen LogP contribution in [0.1, 0.15) is 18.9 Å². The molecular formula is C18H20N4O3S2. The van der Waals surface area contributed by atoms with Crippen LogP contribution in [0.15, 0.2) is 34.1 Å². The number of thiocarbonyl (C=S) groups is 1. The normalized spacial score (nSPS) is 15.9. The maximum absolute atomic E-state index is 13.0. The van der Waals surface area contributed by atoms with Gasteiger partial charge < -0.3 is 10.1 Å². The number of carbonyl (C=O) groups is 1. The molecule has 142 valence electrons. The van der Waals surface area contributed by atoms with Crippen LogP contribution < -0.4 is 10.9 Å². The summed E-state index contributed by atoms with van der Waals surface area (Å²) in [5.41, 5.74) is 0.633. The lowest BCUT2D eigenvalue weighted by Gasteiger charge is -2.11. The summed E-state index contributed by atoms with van der Waals surface area (Å²) in [6, 6.07) is 5.35. The minimum absolute atomic E-state index is 0.218. The van der Waals surface area contributed by atoms with E-state index in [4.69, 9.17) is 17.0 Å². The number of hydrogen-bond donors (Lipinski definition) is 1. The highest BCUT2D eigenvalue weighted by Crippen LogP contribution is 2.31. The number of amides is 1. The van der Waals surface area contributed by atoms with Gasteiger partial charge in [-0.25, -0.2) is 4.98 Å². The molecule has 1 N–H and O–H groups in total. The molecule has 27 heavy (non-hydrogen) atoms. The van der Waals surface area contributed by atoms with Gasteiger partial charge in [0.2, 0.25) is 0 Å². The van der Waals surface area contributed by atoms with Crippen molar-refractivity contribution in [1.29, 1.82) is 0 Å². The molecule has 3 heterocycles. The van der Waals surface area contributed by atoms with Crippen molar-refractivity contribution in [2.75, 3.05) is 32.1 Å². The van der Waals surface area contributed by atoms with Crippen molar-refractivity contribution in [1.82, 2.24) is 14.3 Å². The molecule has 0 atom stereocenters. The zero-order valence-electron chi connectivity index (χ0n) is 15.1. The standard InChI is InChI=1S/C18H20N4O3S2/c1-3-25-10-6-8-19-15-12(11-13-17(24)21(2)18(26)27-13)16(23)22-9-5-4-7-14(22)20-15/h4-5,7,9,11,19H,3,6,8,10H2,1-2H3/b13-11+. The van der Waals surface area contributed by atoms with E-state index in [9.17, 15) is 9.59 Å². The number of aromatic nitrogens is 2. The van der Waals surface area contributed by atoms with Crippen LogP contribution in [0.4, 0.5) is 5.82 Å². The number of ether oxygens (including phenoxy) is 1. The van der Waals surface area contributed by atoms with Gasteiger partial charge in [-0.3, -0.25) is 18.9 Å². The minimum atomic E-state index is -0.241. The van der Waals surface area contributed by atoms with E-state index in [1.807, 2.05) is 13.0 Å². The van der Waals surface area contributed by atoms with Crippen LogP contribution in [0.2, 0.25) is 0 Å². The summed E-state index contributed by atoms with van der Waals surface area (Å²) in [7, 11) is 1.62. The van der Waals surface area contributed by atoms with E-state index in [2.05, 4.69) is 10.3 Å². The molecule has 1 saturated heterocycles. The number of likely N-dealkylation sites (N-methyl/N-ethyl adjacent to an activating group) is 1. The van der Waals surface area contributed by atoms with Crippen LogP contribution in [0.5, 0.6) is 0 Å². The Bertz CT molecular complexity index is 971. The molecule has 0 radical (unpaired) electrons.